The minimum absolute atomic E-state index is 0.858. The fourth-order valence-corrected chi connectivity index (χ4v) is 3.84. The first-order chi connectivity index (χ1) is 11.2. The van der Waals surface area contributed by atoms with Crippen LogP contribution in [0, 0.1) is 3.57 Å². The van der Waals surface area contributed by atoms with Crippen molar-refractivity contribution >= 4 is 28.3 Å². The molecule has 0 spiro atoms. The number of fused-ring (bicyclic) bond motifs is 2. The van der Waals surface area contributed by atoms with Crippen LogP contribution in [0.25, 0.3) is 0 Å². The Morgan fingerprint density at radius 1 is 1.35 bits per heavy atom. The van der Waals surface area contributed by atoms with Gasteiger partial charge in [0.05, 0.1) is 19.9 Å². The second-order valence-corrected chi connectivity index (χ2v) is 7.58. The molecule has 3 rings (SSSR count). The standard InChI is InChI=1S/C16H25IN5O/c1-23-20-16(14-3-5-15(17)6-4-14)9-22-8-2-7-21(13-22)11-18-10-19-12-22/h3-6,18-19H,2,7-13H2,1H3/q+1/b20-16-. The first kappa shape index (κ1) is 17.1. The molecule has 7 heteroatoms. The summed E-state index contributed by atoms with van der Waals surface area (Å²) in [5.41, 5.74) is 2.18. The molecular weight excluding hydrogens is 405 g/mol. The predicted molar refractivity (Wildman–Crippen MR) is 99.8 cm³/mol. The van der Waals surface area contributed by atoms with Gasteiger partial charge >= 0.3 is 0 Å². The van der Waals surface area contributed by atoms with Crippen LogP contribution >= 0.6 is 22.6 Å². The molecule has 2 atom stereocenters. The van der Waals surface area contributed by atoms with E-state index < -0.39 is 0 Å². The highest BCUT2D eigenvalue weighted by Crippen LogP contribution is 2.19. The van der Waals surface area contributed by atoms with Crippen LogP contribution in [0.15, 0.2) is 29.4 Å². The summed E-state index contributed by atoms with van der Waals surface area (Å²) in [6, 6.07) is 8.52. The number of nitrogens with one attached hydrogen (secondary N) is 2. The van der Waals surface area contributed by atoms with Crippen molar-refractivity contribution in [2.75, 3.05) is 53.4 Å². The van der Waals surface area contributed by atoms with Crippen LogP contribution < -0.4 is 10.6 Å². The van der Waals surface area contributed by atoms with E-state index in [0.717, 1.165) is 49.0 Å². The third-order valence-corrected chi connectivity index (χ3v) is 5.22. The zero-order chi connectivity index (χ0) is 16.1. The van der Waals surface area contributed by atoms with Crippen molar-refractivity contribution in [3.05, 3.63) is 33.4 Å². The van der Waals surface area contributed by atoms with Crippen molar-refractivity contribution in [3.63, 3.8) is 0 Å². The van der Waals surface area contributed by atoms with E-state index in [9.17, 15) is 0 Å². The average Bonchev–Trinajstić information content (AvgIpc) is 2.54. The minimum atomic E-state index is 0.858. The lowest BCUT2D eigenvalue weighted by atomic mass is 10.1. The number of nitrogens with zero attached hydrogens (tertiary/aromatic N) is 3. The second kappa shape index (κ2) is 7.89. The third kappa shape index (κ3) is 4.42. The summed E-state index contributed by atoms with van der Waals surface area (Å²) in [4.78, 5) is 7.65. The van der Waals surface area contributed by atoms with Crippen molar-refractivity contribution in [3.8, 4) is 0 Å². The van der Waals surface area contributed by atoms with E-state index in [2.05, 4.69) is 67.5 Å². The maximum absolute atomic E-state index is 5.15. The van der Waals surface area contributed by atoms with Crippen molar-refractivity contribution < 1.29 is 9.32 Å². The van der Waals surface area contributed by atoms with E-state index in [0.29, 0.717) is 0 Å². The molecule has 0 amide bonds. The van der Waals surface area contributed by atoms with Crippen molar-refractivity contribution in [1.29, 1.82) is 0 Å². The minimum Gasteiger partial charge on any atom is -0.399 e. The molecule has 0 saturated carbocycles. The Labute approximate surface area is 151 Å². The van der Waals surface area contributed by atoms with Crippen LogP contribution in [0.5, 0.6) is 0 Å². The molecule has 2 fully saturated rings. The molecule has 126 valence electrons. The molecule has 0 aromatic heterocycles. The lowest BCUT2D eigenvalue weighted by Crippen LogP contribution is -2.67. The molecule has 2 aliphatic heterocycles. The number of hydrogen-bond donors (Lipinski definition) is 2. The van der Waals surface area contributed by atoms with Gasteiger partial charge in [-0.25, -0.2) is 4.90 Å². The van der Waals surface area contributed by atoms with Crippen LogP contribution in [0.4, 0.5) is 0 Å². The van der Waals surface area contributed by atoms with Gasteiger partial charge in [0.25, 0.3) is 0 Å². The molecule has 6 nitrogen and oxygen atoms in total. The van der Waals surface area contributed by atoms with Crippen molar-refractivity contribution in [1.82, 2.24) is 15.5 Å². The average molecular weight is 430 g/mol. The lowest BCUT2D eigenvalue weighted by molar-refractivity contribution is -0.937. The van der Waals surface area contributed by atoms with Crippen LogP contribution in [0.2, 0.25) is 0 Å². The number of halogens is 1. The summed E-state index contributed by atoms with van der Waals surface area (Å²) in [5.74, 6) is 0. The van der Waals surface area contributed by atoms with Crippen LogP contribution in [0.3, 0.4) is 0 Å². The maximum Gasteiger partial charge on any atom is 0.141 e. The normalized spacial score (nSPS) is 28.8. The largest absolute Gasteiger partial charge is 0.399 e. The van der Waals surface area contributed by atoms with Gasteiger partial charge < -0.3 is 4.84 Å². The fraction of sp³-hybridized carbons (Fsp3) is 0.562. The number of quaternary nitrogens is 1. The summed E-state index contributed by atoms with van der Waals surface area (Å²) in [6.45, 7) is 7.05. The number of hydrogen-bond acceptors (Lipinski definition) is 5. The Hall–Kier alpha value is -0.740. The monoisotopic (exact) mass is 430 g/mol. The Kier molecular flexibility index (Phi) is 5.86. The molecule has 2 unspecified atom stereocenters. The van der Waals surface area contributed by atoms with Crippen molar-refractivity contribution in [2.24, 2.45) is 5.16 Å². The number of oxime groups is 1. The highest BCUT2D eigenvalue weighted by molar-refractivity contribution is 14.1. The molecule has 2 saturated heterocycles. The van der Waals surface area contributed by atoms with E-state index >= 15 is 0 Å². The molecule has 1 aromatic rings. The van der Waals surface area contributed by atoms with Crippen LogP contribution in [0.1, 0.15) is 12.0 Å². The molecule has 2 aliphatic rings. The van der Waals surface area contributed by atoms with E-state index in [1.54, 1.807) is 7.11 Å². The molecule has 1 aromatic carbocycles. The lowest BCUT2D eigenvalue weighted by Gasteiger charge is -2.47. The van der Waals surface area contributed by atoms with Gasteiger partial charge in [-0.1, -0.05) is 17.3 Å². The predicted octanol–water partition coefficient (Wildman–Crippen LogP) is 1.19. The Bertz CT molecular complexity index is 550. The van der Waals surface area contributed by atoms with Gasteiger partial charge in [-0.2, -0.15) is 0 Å². The molecule has 2 N–H and O–H groups in total. The van der Waals surface area contributed by atoms with Gasteiger partial charge in [0, 0.05) is 22.1 Å². The van der Waals surface area contributed by atoms with Gasteiger partial charge in [-0.05, 0) is 34.7 Å². The highest BCUT2D eigenvalue weighted by Gasteiger charge is 2.36. The molecule has 2 bridgehead atoms. The highest BCUT2D eigenvalue weighted by atomic mass is 127. The molecule has 23 heavy (non-hydrogen) atoms. The number of benzene rings is 1. The quantitative estimate of drug-likeness (QED) is 0.326. The molecule has 2 heterocycles. The van der Waals surface area contributed by atoms with E-state index in [-0.39, 0.29) is 0 Å². The fourth-order valence-electron chi connectivity index (χ4n) is 3.48. The summed E-state index contributed by atoms with van der Waals surface area (Å²) in [6.07, 6.45) is 1.22. The first-order valence-electron chi connectivity index (χ1n) is 8.06. The molecule has 0 radical (unpaired) electrons. The third-order valence-electron chi connectivity index (χ3n) is 4.50. The topological polar surface area (TPSA) is 48.9 Å². The van der Waals surface area contributed by atoms with E-state index in [4.69, 9.17) is 4.84 Å². The molecular formula is C16H25IN5O+. The Morgan fingerprint density at radius 2 is 2.17 bits per heavy atom. The zero-order valence-electron chi connectivity index (χ0n) is 13.6. The van der Waals surface area contributed by atoms with Gasteiger partial charge in [-0.3, -0.25) is 15.1 Å². The Morgan fingerprint density at radius 3 is 2.96 bits per heavy atom. The zero-order valence-corrected chi connectivity index (χ0v) is 15.8. The number of rotatable bonds is 4. The second-order valence-electron chi connectivity index (χ2n) is 6.33. The summed E-state index contributed by atoms with van der Waals surface area (Å²) in [5, 5.41) is 11.3. The van der Waals surface area contributed by atoms with Gasteiger partial charge in [0.15, 0.2) is 0 Å². The van der Waals surface area contributed by atoms with Crippen LogP contribution in [-0.4, -0.2) is 68.5 Å². The van der Waals surface area contributed by atoms with Gasteiger partial charge in [0.2, 0.25) is 0 Å². The first-order valence-corrected chi connectivity index (χ1v) is 9.13. The Balaban J connectivity index is 1.82. The van der Waals surface area contributed by atoms with E-state index in [1.165, 1.54) is 23.1 Å². The maximum atomic E-state index is 5.15. The smallest absolute Gasteiger partial charge is 0.141 e. The summed E-state index contributed by atoms with van der Waals surface area (Å²) >= 11 is 2.33. The summed E-state index contributed by atoms with van der Waals surface area (Å²) in [7, 11) is 1.63. The van der Waals surface area contributed by atoms with Gasteiger partial charge in [0.1, 0.15) is 32.7 Å². The van der Waals surface area contributed by atoms with Gasteiger partial charge in [-0.15, -0.1) is 0 Å². The van der Waals surface area contributed by atoms with Crippen molar-refractivity contribution in [2.45, 2.75) is 6.42 Å². The summed E-state index contributed by atoms with van der Waals surface area (Å²) < 4.78 is 2.23. The van der Waals surface area contributed by atoms with E-state index in [1.807, 2.05) is 0 Å². The molecule has 0 aliphatic carbocycles. The SMILES string of the molecule is CO/N=C(/C[N+]12CCCN(CNCNC1)C2)c1ccc(I)cc1. The van der Waals surface area contributed by atoms with Crippen LogP contribution in [-0.2, 0) is 4.84 Å².